The molecule has 0 aliphatic rings. The number of hydrogen-bond acceptors (Lipinski definition) is 0. The molecule has 0 aromatic heterocycles. The van der Waals surface area contributed by atoms with Gasteiger partial charge < -0.3 is 0 Å². The predicted octanol–water partition coefficient (Wildman–Crippen LogP) is 4.01. The summed E-state index contributed by atoms with van der Waals surface area (Å²) in [6.07, 6.45) is 0. The molecule has 1 aromatic rings. The van der Waals surface area contributed by atoms with Crippen LogP contribution in [0.5, 0.6) is 0 Å². The molecule has 0 N–H and O–H groups in total. The van der Waals surface area contributed by atoms with E-state index in [1.807, 2.05) is 24.3 Å². The average molecular weight is 248 g/mol. The molecule has 0 bridgehead atoms. The zero-order valence-corrected chi connectivity index (χ0v) is 9.44. The molecule has 4 heteroatoms. The Kier molecular flexibility index (Phi) is 9.92. The van der Waals surface area contributed by atoms with Crippen LogP contribution in [0.4, 0.5) is 0 Å². The maximum atomic E-state index is 5.59. The van der Waals surface area contributed by atoms with Crippen molar-refractivity contribution >= 4 is 48.0 Å². The van der Waals surface area contributed by atoms with E-state index in [1.54, 1.807) is 0 Å². The van der Waals surface area contributed by atoms with Crippen molar-refractivity contribution in [1.82, 2.24) is 0 Å². The quantitative estimate of drug-likeness (QED) is 0.693. The fourth-order valence-corrected chi connectivity index (χ4v) is 1.07. The first-order valence-corrected chi connectivity index (χ1v) is 4.13. The lowest BCUT2D eigenvalue weighted by Gasteiger charge is -1.95. The van der Waals surface area contributed by atoms with E-state index < -0.39 is 0 Å². The molecular formula is C8H10Cl4. The van der Waals surface area contributed by atoms with Crippen molar-refractivity contribution in [2.75, 3.05) is 0 Å². The summed E-state index contributed by atoms with van der Waals surface area (Å²) in [5, 5.41) is 0. The zero-order valence-electron chi connectivity index (χ0n) is 6.30. The molecule has 0 fully saturated rings. The minimum atomic E-state index is 0. The largest absolute Gasteiger partial charge is 0.147 e. The van der Waals surface area contributed by atoms with Crippen molar-refractivity contribution in [2.45, 2.75) is 11.8 Å². The van der Waals surface area contributed by atoms with Crippen LogP contribution in [0.3, 0.4) is 0 Å². The van der Waals surface area contributed by atoms with Crippen molar-refractivity contribution in [2.24, 2.45) is 0 Å². The van der Waals surface area contributed by atoms with Gasteiger partial charge >= 0.3 is 0 Å². The van der Waals surface area contributed by atoms with Gasteiger partial charge in [-0.2, -0.15) is 0 Å². The molecule has 0 spiro atoms. The van der Waals surface area contributed by atoms with Crippen LogP contribution in [0.15, 0.2) is 24.3 Å². The Morgan fingerprint density at radius 3 is 1.17 bits per heavy atom. The Morgan fingerprint density at radius 1 is 0.750 bits per heavy atom. The van der Waals surface area contributed by atoms with Crippen LogP contribution in [-0.2, 0) is 11.8 Å². The fraction of sp³-hybridized carbons (Fsp3) is 0.250. The van der Waals surface area contributed by atoms with Gasteiger partial charge in [-0.3, -0.25) is 0 Å². The third-order valence-electron chi connectivity index (χ3n) is 1.33. The molecule has 0 saturated carbocycles. The Morgan fingerprint density at radius 2 is 1.00 bits per heavy atom. The summed E-state index contributed by atoms with van der Waals surface area (Å²) in [5.41, 5.74) is 2.27. The molecule has 0 unspecified atom stereocenters. The number of alkyl halides is 2. The van der Waals surface area contributed by atoms with Crippen molar-refractivity contribution in [3.63, 3.8) is 0 Å². The van der Waals surface area contributed by atoms with Gasteiger partial charge in [-0.05, 0) is 11.1 Å². The summed E-state index contributed by atoms with van der Waals surface area (Å²) >= 11 is 11.2. The van der Waals surface area contributed by atoms with Gasteiger partial charge in [0, 0.05) is 11.8 Å². The molecule has 0 amide bonds. The van der Waals surface area contributed by atoms with E-state index in [9.17, 15) is 0 Å². The minimum absolute atomic E-state index is 0. The second-order valence-corrected chi connectivity index (χ2v) is 2.62. The van der Waals surface area contributed by atoms with Gasteiger partial charge in [0.15, 0.2) is 0 Å². The van der Waals surface area contributed by atoms with Crippen molar-refractivity contribution in [3.8, 4) is 0 Å². The van der Waals surface area contributed by atoms with E-state index in [4.69, 9.17) is 23.2 Å². The molecule has 0 heterocycles. The molecular weight excluding hydrogens is 238 g/mol. The fourth-order valence-electron chi connectivity index (χ4n) is 0.717. The van der Waals surface area contributed by atoms with E-state index in [0.29, 0.717) is 11.8 Å². The zero-order chi connectivity index (χ0) is 7.40. The number of hydrogen-bond donors (Lipinski definition) is 0. The SMILES string of the molecule is Cl.Cl.ClCc1ccc(CCl)cc1. The van der Waals surface area contributed by atoms with Gasteiger partial charge in [0.1, 0.15) is 0 Å². The lowest BCUT2D eigenvalue weighted by Crippen LogP contribution is -1.79. The average Bonchev–Trinajstić information content (AvgIpc) is 2.05. The highest BCUT2D eigenvalue weighted by atomic mass is 35.5. The Balaban J connectivity index is 0. The van der Waals surface area contributed by atoms with E-state index in [-0.39, 0.29) is 24.8 Å². The van der Waals surface area contributed by atoms with Gasteiger partial charge in [-0.1, -0.05) is 24.3 Å². The maximum Gasteiger partial charge on any atom is 0.0474 e. The molecule has 12 heavy (non-hydrogen) atoms. The van der Waals surface area contributed by atoms with Crippen molar-refractivity contribution in [3.05, 3.63) is 35.4 Å². The monoisotopic (exact) mass is 246 g/mol. The third kappa shape index (κ3) is 4.42. The van der Waals surface area contributed by atoms with Gasteiger partial charge in [0.25, 0.3) is 0 Å². The van der Waals surface area contributed by atoms with Gasteiger partial charge in [-0.15, -0.1) is 48.0 Å². The van der Waals surface area contributed by atoms with Gasteiger partial charge in [-0.25, -0.2) is 0 Å². The summed E-state index contributed by atoms with van der Waals surface area (Å²) in [6, 6.07) is 7.96. The standard InChI is InChI=1S/C8H8Cl2.2ClH/c9-5-7-1-2-8(6-10)4-3-7;;/h1-4H,5-6H2;2*1H. The first-order valence-electron chi connectivity index (χ1n) is 3.06. The molecule has 0 aliphatic carbocycles. The molecule has 0 atom stereocenters. The van der Waals surface area contributed by atoms with Crippen LogP contribution in [-0.4, -0.2) is 0 Å². The van der Waals surface area contributed by atoms with Crippen LogP contribution in [0.1, 0.15) is 11.1 Å². The first kappa shape index (κ1) is 14.9. The second kappa shape index (κ2) is 8.00. The van der Waals surface area contributed by atoms with Gasteiger partial charge in [0.05, 0.1) is 0 Å². The molecule has 1 aromatic carbocycles. The Labute approximate surface area is 95.1 Å². The molecule has 0 saturated heterocycles. The van der Waals surface area contributed by atoms with E-state index in [2.05, 4.69) is 0 Å². The minimum Gasteiger partial charge on any atom is -0.147 e. The number of rotatable bonds is 2. The summed E-state index contributed by atoms with van der Waals surface area (Å²) in [4.78, 5) is 0. The van der Waals surface area contributed by atoms with Crippen LogP contribution >= 0.6 is 48.0 Å². The predicted molar refractivity (Wildman–Crippen MR) is 60.1 cm³/mol. The number of benzene rings is 1. The van der Waals surface area contributed by atoms with E-state index in [0.717, 1.165) is 11.1 Å². The Hall–Kier alpha value is 0.380. The molecule has 0 radical (unpaired) electrons. The summed E-state index contributed by atoms with van der Waals surface area (Å²) in [7, 11) is 0. The summed E-state index contributed by atoms with van der Waals surface area (Å²) in [5.74, 6) is 1.14. The Bertz CT molecular complexity index is 172. The highest BCUT2D eigenvalue weighted by Gasteiger charge is 1.90. The van der Waals surface area contributed by atoms with E-state index in [1.165, 1.54) is 0 Å². The van der Waals surface area contributed by atoms with Crippen LogP contribution in [0.25, 0.3) is 0 Å². The third-order valence-corrected chi connectivity index (χ3v) is 1.95. The normalized spacial score (nSPS) is 8.17. The highest BCUT2D eigenvalue weighted by molar-refractivity contribution is 6.17. The van der Waals surface area contributed by atoms with Crippen LogP contribution in [0, 0.1) is 0 Å². The summed E-state index contributed by atoms with van der Waals surface area (Å²) < 4.78 is 0. The van der Waals surface area contributed by atoms with Gasteiger partial charge in [0.2, 0.25) is 0 Å². The van der Waals surface area contributed by atoms with Crippen LogP contribution < -0.4 is 0 Å². The lowest BCUT2D eigenvalue weighted by molar-refractivity contribution is 1.33. The molecule has 1 rings (SSSR count). The van der Waals surface area contributed by atoms with E-state index >= 15 is 0 Å². The van der Waals surface area contributed by atoms with Crippen LogP contribution in [0.2, 0.25) is 0 Å². The first-order chi connectivity index (χ1) is 4.86. The maximum absolute atomic E-state index is 5.59. The van der Waals surface area contributed by atoms with Crippen molar-refractivity contribution in [1.29, 1.82) is 0 Å². The smallest absolute Gasteiger partial charge is 0.0474 e. The lowest BCUT2D eigenvalue weighted by atomic mass is 10.2. The number of halogens is 4. The molecule has 70 valence electrons. The second-order valence-electron chi connectivity index (χ2n) is 2.08. The molecule has 0 aliphatic heterocycles. The summed E-state index contributed by atoms with van der Waals surface area (Å²) in [6.45, 7) is 0. The highest BCUT2D eigenvalue weighted by Crippen LogP contribution is 2.08. The topological polar surface area (TPSA) is 0 Å². The van der Waals surface area contributed by atoms with Crippen molar-refractivity contribution < 1.29 is 0 Å². The molecule has 0 nitrogen and oxygen atoms in total.